The number of hydrogen-bond donors (Lipinski definition) is 1. The van der Waals surface area contributed by atoms with Gasteiger partial charge in [0, 0.05) is 25.8 Å². The van der Waals surface area contributed by atoms with Crippen molar-refractivity contribution in [2.24, 2.45) is 0 Å². The average Bonchev–Trinajstić information content (AvgIpc) is 3.13. The number of nitrogens with one attached hydrogen (secondary N) is 1. The lowest BCUT2D eigenvalue weighted by molar-refractivity contribution is -0.117. The second-order valence-corrected chi connectivity index (χ2v) is 7.09. The Kier molecular flexibility index (Phi) is 5.36. The van der Waals surface area contributed by atoms with E-state index in [1.807, 2.05) is 30.5 Å². The van der Waals surface area contributed by atoms with Crippen LogP contribution in [0.2, 0.25) is 0 Å². The van der Waals surface area contributed by atoms with Crippen molar-refractivity contribution in [1.82, 2.24) is 9.88 Å². The number of ether oxygens (including phenoxy) is 2. The number of pyridine rings is 1. The third-order valence-electron chi connectivity index (χ3n) is 5.33. The molecule has 1 saturated heterocycles. The van der Waals surface area contributed by atoms with E-state index >= 15 is 0 Å². The fraction of sp³-hybridized carbons (Fsp3) is 0.429. The number of carbonyl (C=O) groups is 1. The fourth-order valence-corrected chi connectivity index (χ4v) is 3.80. The largest absolute Gasteiger partial charge is 0.497 e. The molecule has 1 N–H and O–H groups in total. The van der Waals surface area contributed by atoms with E-state index in [1.54, 1.807) is 7.11 Å². The highest BCUT2D eigenvalue weighted by Crippen LogP contribution is 2.36. The molecule has 142 valence electrons. The van der Waals surface area contributed by atoms with Crippen molar-refractivity contribution in [3.63, 3.8) is 0 Å². The number of carbonyl (C=O) groups excluding carboxylic acids is 1. The van der Waals surface area contributed by atoms with Crippen LogP contribution in [0.3, 0.4) is 0 Å². The van der Waals surface area contributed by atoms with Gasteiger partial charge in [0.25, 0.3) is 0 Å². The smallest absolute Gasteiger partial charge is 0.233 e. The average molecular weight is 367 g/mol. The van der Waals surface area contributed by atoms with Crippen LogP contribution >= 0.6 is 0 Å². The van der Waals surface area contributed by atoms with E-state index < -0.39 is 0 Å². The maximum atomic E-state index is 12.8. The first-order valence-corrected chi connectivity index (χ1v) is 9.45. The van der Waals surface area contributed by atoms with Crippen molar-refractivity contribution in [1.29, 1.82) is 0 Å². The van der Waals surface area contributed by atoms with Gasteiger partial charge in [0.1, 0.15) is 11.6 Å². The van der Waals surface area contributed by atoms with Gasteiger partial charge in [-0.05, 0) is 47.7 Å². The Morgan fingerprint density at radius 1 is 1.30 bits per heavy atom. The fourth-order valence-electron chi connectivity index (χ4n) is 3.80. The number of morpholine rings is 1. The molecule has 1 amide bonds. The van der Waals surface area contributed by atoms with Gasteiger partial charge in [-0.3, -0.25) is 9.69 Å². The van der Waals surface area contributed by atoms with E-state index in [0.29, 0.717) is 5.82 Å². The van der Waals surface area contributed by atoms with Gasteiger partial charge in [0.2, 0.25) is 5.91 Å². The molecule has 6 heteroatoms. The van der Waals surface area contributed by atoms with Crippen LogP contribution in [0.5, 0.6) is 5.75 Å². The molecule has 1 unspecified atom stereocenters. The summed E-state index contributed by atoms with van der Waals surface area (Å²) in [4.78, 5) is 19.5. The standard InChI is InChI=1S/C21H25N3O3/c1-26-17-5-3-16-4-6-18(19(16)12-17)21(25)23-20-7-2-15(13-22-20)14-24-8-10-27-11-9-24/h2-3,5,7,12-13,18H,4,6,8-11,14H2,1H3,(H,22,23,25). The van der Waals surface area contributed by atoms with Gasteiger partial charge in [-0.1, -0.05) is 12.1 Å². The summed E-state index contributed by atoms with van der Waals surface area (Å²) >= 11 is 0. The van der Waals surface area contributed by atoms with Crippen LogP contribution in [0, 0.1) is 0 Å². The van der Waals surface area contributed by atoms with E-state index in [9.17, 15) is 4.79 Å². The number of anilines is 1. The van der Waals surface area contributed by atoms with E-state index in [1.165, 1.54) is 5.56 Å². The highest BCUT2D eigenvalue weighted by atomic mass is 16.5. The number of aryl methyl sites for hydroxylation is 1. The molecule has 1 fully saturated rings. The first-order valence-electron chi connectivity index (χ1n) is 9.45. The lowest BCUT2D eigenvalue weighted by Crippen LogP contribution is -2.35. The van der Waals surface area contributed by atoms with Gasteiger partial charge in [-0.15, -0.1) is 0 Å². The van der Waals surface area contributed by atoms with Gasteiger partial charge in [0.05, 0.1) is 26.2 Å². The SMILES string of the molecule is COc1ccc2c(c1)C(C(=O)Nc1ccc(CN3CCOCC3)cn1)CC2. The molecule has 2 aliphatic rings. The summed E-state index contributed by atoms with van der Waals surface area (Å²) in [6.07, 6.45) is 3.59. The Bertz CT molecular complexity index is 801. The molecule has 27 heavy (non-hydrogen) atoms. The van der Waals surface area contributed by atoms with Crippen molar-refractivity contribution < 1.29 is 14.3 Å². The monoisotopic (exact) mass is 367 g/mol. The van der Waals surface area contributed by atoms with E-state index in [0.717, 1.165) is 62.6 Å². The summed E-state index contributed by atoms with van der Waals surface area (Å²) in [6.45, 7) is 4.33. The molecule has 1 aliphatic carbocycles. The zero-order chi connectivity index (χ0) is 18.6. The molecule has 0 radical (unpaired) electrons. The predicted molar refractivity (Wildman–Crippen MR) is 103 cm³/mol. The third kappa shape index (κ3) is 4.12. The van der Waals surface area contributed by atoms with Crippen LogP contribution in [-0.2, 0) is 22.5 Å². The van der Waals surface area contributed by atoms with E-state index in [2.05, 4.69) is 21.3 Å². The number of rotatable bonds is 5. The number of benzene rings is 1. The summed E-state index contributed by atoms with van der Waals surface area (Å²) in [5, 5.41) is 2.97. The number of methoxy groups -OCH3 is 1. The summed E-state index contributed by atoms with van der Waals surface area (Å²) in [6, 6.07) is 9.90. The number of amides is 1. The quantitative estimate of drug-likeness (QED) is 0.880. The summed E-state index contributed by atoms with van der Waals surface area (Å²) in [5.41, 5.74) is 3.44. The van der Waals surface area contributed by atoms with Crippen LogP contribution < -0.4 is 10.1 Å². The maximum Gasteiger partial charge on any atom is 0.233 e. The summed E-state index contributed by atoms with van der Waals surface area (Å²) in [5.74, 6) is 1.24. The van der Waals surface area contributed by atoms with Crippen LogP contribution in [0.4, 0.5) is 5.82 Å². The second kappa shape index (κ2) is 8.06. The van der Waals surface area contributed by atoms with Crippen LogP contribution in [0.1, 0.15) is 29.0 Å². The molecule has 2 aromatic rings. The zero-order valence-electron chi connectivity index (χ0n) is 15.6. The van der Waals surface area contributed by atoms with Crippen molar-refractivity contribution in [2.45, 2.75) is 25.3 Å². The molecule has 0 bridgehead atoms. The number of fused-ring (bicyclic) bond motifs is 1. The Hall–Kier alpha value is -2.44. The Morgan fingerprint density at radius 3 is 2.89 bits per heavy atom. The number of nitrogens with zero attached hydrogens (tertiary/aromatic N) is 2. The minimum atomic E-state index is -0.148. The van der Waals surface area contributed by atoms with Gasteiger partial charge >= 0.3 is 0 Å². The van der Waals surface area contributed by atoms with Crippen molar-refractivity contribution in [2.75, 3.05) is 38.7 Å². The first kappa shape index (κ1) is 17.9. The highest BCUT2D eigenvalue weighted by Gasteiger charge is 2.29. The van der Waals surface area contributed by atoms with Gasteiger partial charge in [-0.2, -0.15) is 0 Å². The molecule has 1 aromatic heterocycles. The van der Waals surface area contributed by atoms with Gasteiger partial charge in [-0.25, -0.2) is 4.98 Å². The molecule has 2 heterocycles. The zero-order valence-corrected chi connectivity index (χ0v) is 15.6. The van der Waals surface area contributed by atoms with Crippen LogP contribution in [-0.4, -0.2) is 49.2 Å². The lowest BCUT2D eigenvalue weighted by atomic mass is 10.00. The van der Waals surface area contributed by atoms with Crippen molar-refractivity contribution in [3.05, 3.63) is 53.2 Å². The minimum absolute atomic E-state index is 0.00423. The second-order valence-electron chi connectivity index (χ2n) is 7.09. The normalized spacial score (nSPS) is 19.5. The molecule has 6 nitrogen and oxygen atoms in total. The van der Waals surface area contributed by atoms with Crippen LogP contribution in [0.25, 0.3) is 0 Å². The maximum absolute atomic E-state index is 12.8. The van der Waals surface area contributed by atoms with E-state index in [-0.39, 0.29) is 11.8 Å². The highest BCUT2D eigenvalue weighted by molar-refractivity contribution is 5.96. The topological polar surface area (TPSA) is 63.7 Å². The Morgan fingerprint density at radius 2 is 2.15 bits per heavy atom. The molecule has 0 spiro atoms. The molecule has 4 rings (SSSR count). The first-order chi connectivity index (χ1) is 13.2. The minimum Gasteiger partial charge on any atom is -0.497 e. The van der Waals surface area contributed by atoms with E-state index in [4.69, 9.17) is 9.47 Å². The van der Waals surface area contributed by atoms with Crippen molar-refractivity contribution in [3.8, 4) is 5.75 Å². The predicted octanol–water partition coefficient (Wildman–Crippen LogP) is 2.59. The Labute approximate surface area is 159 Å². The number of hydrogen-bond acceptors (Lipinski definition) is 5. The summed E-state index contributed by atoms with van der Waals surface area (Å²) in [7, 11) is 1.65. The van der Waals surface area contributed by atoms with Crippen LogP contribution in [0.15, 0.2) is 36.5 Å². The van der Waals surface area contributed by atoms with Crippen molar-refractivity contribution >= 4 is 11.7 Å². The molecular formula is C21H25N3O3. The number of aromatic nitrogens is 1. The molecule has 1 atom stereocenters. The van der Waals surface area contributed by atoms with Gasteiger partial charge < -0.3 is 14.8 Å². The molecule has 0 saturated carbocycles. The lowest BCUT2D eigenvalue weighted by Gasteiger charge is -2.26. The molecule has 1 aliphatic heterocycles. The van der Waals surface area contributed by atoms with Gasteiger partial charge in [0.15, 0.2) is 0 Å². The Balaban J connectivity index is 1.39. The molecular weight excluding hydrogens is 342 g/mol. The third-order valence-corrected chi connectivity index (χ3v) is 5.33. The molecule has 1 aromatic carbocycles. The summed E-state index contributed by atoms with van der Waals surface area (Å²) < 4.78 is 10.7.